The molecule has 224 valence electrons. The lowest BCUT2D eigenvalue weighted by Gasteiger charge is -2.34. The number of amides is 3. The summed E-state index contributed by atoms with van der Waals surface area (Å²) in [4.78, 5) is 42.4. The van der Waals surface area contributed by atoms with Crippen LogP contribution < -0.4 is 10.6 Å². The molecule has 0 aliphatic rings. The van der Waals surface area contributed by atoms with Gasteiger partial charge in [0.1, 0.15) is 23.4 Å². The van der Waals surface area contributed by atoms with Gasteiger partial charge in [-0.15, -0.1) is 0 Å². The van der Waals surface area contributed by atoms with E-state index in [4.69, 9.17) is 4.74 Å². The Labute approximate surface area is 247 Å². The fraction of sp³-hybridized carbons (Fsp3) is 0.364. The molecule has 0 aliphatic carbocycles. The van der Waals surface area contributed by atoms with Gasteiger partial charge in [-0.05, 0) is 74.6 Å². The van der Waals surface area contributed by atoms with Crippen molar-refractivity contribution in [3.05, 3.63) is 95.1 Å². The molecule has 0 aromatic heterocycles. The second kappa shape index (κ2) is 14.5. The number of aliphatic hydroxyl groups excluding tert-OH is 1. The second-order valence-corrected chi connectivity index (χ2v) is 11.1. The van der Waals surface area contributed by atoms with E-state index in [0.717, 1.165) is 17.5 Å². The predicted octanol–water partition coefficient (Wildman–Crippen LogP) is 4.90. The Morgan fingerprint density at radius 1 is 0.929 bits per heavy atom. The van der Waals surface area contributed by atoms with Gasteiger partial charge in [-0.3, -0.25) is 9.59 Å². The van der Waals surface area contributed by atoms with Crippen LogP contribution >= 0.6 is 0 Å². The first-order valence-corrected chi connectivity index (χ1v) is 14.1. The van der Waals surface area contributed by atoms with Gasteiger partial charge in [-0.25, -0.2) is 4.79 Å². The first-order chi connectivity index (χ1) is 19.9. The van der Waals surface area contributed by atoms with Crippen LogP contribution in [0.15, 0.2) is 72.8 Å². The van der Waals surface area contributed by atoms with Crippen molar-refractivity contribution in [3.8, 4) is 5.75 Å². The molecule has 9 heteroatoms. The van der Waals surface area contributed by atoms with Gasteiger partial charge in [-0.2, -0.15) is 0 Å². The summed E-state index contributed by atoms with van der Waals surface area (Å²) in [5, 5.41) is 25.4. The second-order valence-electron chi connectivity index (χ2n) is 11.1. The van der Waals surface area contributed by atoms with E-state index < -0.39 is 42.2 Å². The molecule has 3 aromatic carbocycles. The zero-order chi connectivity index (χ0) is 30.9. The SMILES string of the molecule is CCc1ccc(C(C(=O)Nc2ccccc2C)N(CCO)C(=O)C(Cc2ccc(O)cc2)NC(=O)OC(C)(C)C)cc1. The number of aliphatic hydroxyl groups is 1. The first-order valence-electron chi connectivity index (χ1n) is 14.1. The molecule has 0 aliphatic heterocycles. The van der Waals surface area contributed by atoms with Gasteiger partial charge in [0.2, 0.25) is 5.91 Å². The predicted molar refractivity (Wildman–Crippen MR) is 162 cm³/mol. The van der Waals surface area contributed by atoms with Gasteiger partial charge in [0.25, 0.3) is 5.91 Å². The Kier molecular flexibility index (Phi) is 11.1. The van der Waals surface area contributed by atoms with Gasteiger partial charge in [-0.1, -0.05) is 61.5 Å². The van der Waals surface area contributed by atoms with E-state index >= 15 is 0 Å². The summed E-state index contributed by atoms with van der Waals surface area (Å²) in [6.45, 7) is 8.46. The Morgan fingerprint density at radius 2 is 1.55 bits per heavy atom. The monoisotopic (exact) mass is 575 g/mol. The lowest BCUT2D eigenvalue weighted by atomic mass is 9.98. The van der Waals surface area contributed by atoms with E-state index in [2.05, 4.69) is 10.6 Å². The summed E-state index contributed by atoms with van der Waals surface area (Å²) in [6, 6.07) is 18.7. The topological polar surface area (TPSA) is 128 Å². The van der Waals surface area contributed by atoms with Crippen LogP contribution in [0.25, 0.3) is 0 Å². The van der Waals surface area contributed by atoms with Crippen molar-refractivity contribution >= 4 is 23.6 Å². The summed E-state index contributed by atoms with van der Waals surface area (Å²) >= 11 is 0. The van der Waals surface area contributed by atoms with Crippen molar-refractivity contribution in [3.63, 3.8) is 0 Å². The van der Waals surface area contributed by atoms with Gasteiger partial charge < -0.3 is 30.5 Å². The van der Waals surface area contributed by atoms with E-state index in [-0.39, 0.29) is 18.7 Å². The van der Waals surface area contributed by atoms with Gasteiger partial charge in [0, 0.05) is 18.7 Å². The molecule has 0 fully saturated rings. The minimum absolute atomic E-state index is 0.0567. The fourth-order valence-corrected chi connectivity index (χ4v) is 4.51. The van der Waals surface area contributed by atoms with Crippen molar-refractivity contribution in [2.75, 3.05) is 18.5 Å². The molecule has 42 heavy (non-hydrogen) atoms. The summed E-state index contributed by atoms with van der Waals surface area (Å²) in [7, 11) is 0. The number of para-hydroxylation sites is 1. The van der Waals surface area contributed by atoms with Crippen LogP contribution in [0.5, 0.6) is 5.75 Å². The number of benzene rings is 3. The molecule has 3 rings (SSSR count). The minimum Gasteiger partial charge on any atom is -0.508 e. The van der Waals surface area contributed by atoms with E-state index in [1.54, 1.807) is 51.1 Å². The molecule has 2 atom stereocenters. The molecule has 3 aromatic rings. The van der Waals surface area contributed by atoms with Crippen LogP contribution in [0.2, 0.25) is 0 Å². The van der Waals surface area contributed by atoms with Crippen LogP contribution in [-0.4, -0.2) is 57.8 Å². The van der Waals surface area contributed by atoms with Crippen LogP contribution in [0.1, 0.15) is 56.0 Å². The Hall–Kier alpha value is -4.37. The zero-order valence-corrected chi connectivity index (χ0v) is 24.9. The molecule has 4 N–H and O–H groups in total. The molecule has 2 unspecified atom stereocenters. The molecule has 3 amide bonds. The number of phenols is 1. The lowest BCUT2D eigenvalue weighted by molar-refractivity contribution is -0.141. The average molecular weight is 576 g/mol. The number of aryl methyl sites for hydroxylation is 2. The quantitative estimate of drug-likeness (QED) is 0.258. The highest BCUT2D eigenvalue weighted by Crippen LogP contribution is 2.26. The van der Waals surface area contributed by atoms with Gasteiger partial charge in [0.15, 0.2) is 0 Å². The van der Waals surface area contributed by atoms with Crippen molar-refractivity contribution < 1.29 is 29.3 Å². The Bertz CT molecular complexity index is 1350. The van der Waals surface area contributed by atoms with E-state index in [1.165, 1.54) is 17.0 Å². The fourth-order valence-electron chi connectivity index (χ4n) is 4.51. The Balaban J connectivity index is 2.05. The molecular weight excluding hydrogens is 534 g/mol. The molecule has 9 nitrogen and oxygen atoms in total. The van der Waals surface area contributed by atoms with E-state index in [0.29, 0.717) is 16.8 Å². The van der Waals surface area contributed by atoms with Gasteiger partial charge in [0.05, 0.1) is 6.61 Å². The largest absolute Gasteiger partial charge is 0.508 e. The highest BCUT2D eigenvalue weighted by Gasteiger charge is 2.36. The zero-order valence-electron chi connectivity index (χ0n) is 24.9. The number of aromatic hydroxyl groups is 1. The number of hydrogen-bond donors (Lipinski definition) is 4. The minimum atomic E-state index is -1.14. The number of carbonyl (C=O) groups is 3. The first kappa shape index (κ1) is 32.1. The third-order valence-electron chi connectivity index (χ3n) is 6.66. The van der Waals surface area contributed by atoms with Crippen molar-refractivity contribution in [2.45, 2.75) is 65.1 Å². The maximum atomic E-state index is 14.3. The highest BCUT2D eigenvalue weighted by molar-refractivity contribution is 5.99. The number of nitrogens with one attached hydrogen (secondary N) is 2. The molecule has 0 heterocycles. The summed E-state index contributed by atoms with van der Waals surface area (Å²) in [5.41, 5.74) is 2.93. The number of ether oxygens (including phenoxy) is 1. The molecule has 0 spiro atoms. The standard InChI is InChI=1S/C33H41N3O6/c1-6-23-11-15-25(16-12-23)29(30(39)34-27-10-8-7-9-22(27)2)36(19-20-37)31(40)28(35-32(41)42-33(3,4)5)21-24-13-17-26(38)18-14-24/h7-18,28-29,37-38H,6,19-21H2,1-5H3,(H,34,39)(H,35,41). The van der Waals surface area contributed by atoms with Crippen molar-refractivity contribution in [2.24, 2.45) is 0 Å². The number of nitrogens with zero attached hydrogens (tertiary/aromatic N) is 1. The third kappa shape index (κ3) is 9.07. The number of anilines is 1. The van der Waals surface area contributed by atoms with E-state index in [9.17, 15) is 24.6 Å². The highest BCUT2D eigenvalue weighted by atomic mass is 16.6. The number of carbonyl (C=O) groups excluding carboxylic acids is 3. The molecule has 0 bridgehead atoms. The molecule has 0 saturated heterocycles. The smallest absolute Gasteiger partial charge is 0.408 e. The number of phenolic OH excluding ortho intramolecular Hbond substituents is 1. The number of rotatable bonds is 11. The van der Waals surface area contributed by atoms with Crippen LogP contribution in [0.3, 0.4) is 0 Å². The summed E-state index contributed by atoms with van der Waals surface area (Å²) in [5.74, 6) is -0.976. The Morgan fingerprint density at radius 3 is 2.12 bits per heavy atom. The molecule has 0 radical (unpaired) electrons. The van der Waals surface area contributed by atoms with Crippen LogP contribution in [0, 0.1) is 6.92 Å². The maximum absolute atomic E-state index is 14.3. The summed E-state index contributed by atoms with van der Waals surface area (Å²) < 4.78 is 5.44. The van der Waals surface area contributed by atoms with E-state index in [1.807, 2.05) is 44.2 Å². The number of hydrogen-bond acceptors (Lipinski definition) is 6. The van der Waals surface area contributed by atoms with Crippen molar-refractivity contribution in [1.29, 1.82) is 0 Å². The third-order valence-corrected chi connectivity index (χ3v) is 6.66. The number of alkyl carbamates (subject to hydrolysis) is 1. The van der Waals surface area contributed by atoms with Crippen LogP contribution in [-0.2, 0) is 27.2 Å². The molecular formula is C33H41N3O6. The molecule has 0 saturated carbocycles. The average Bonchev–Trinajstić information content (AvgIpc) is 2.94. The van der Waals surface area contributed by atoms with Crippen LogP contribution in [0.4, 0.5) is 10.5 Å². The van der Waals surface area contributed by atoms with Crippen molar-refractivity contribution in [1.82, 2.24) is 10.2 Å². The van der Waals surface area contributed by atoms with Gasteiger partial charge >= 0.3 is 6.09 Å². The lowest BCUT2D eigenvalue weighted by Crippen LogP contribution is -2.53. The maximum Gasteiger partial charge on any atom is 0.408 e. The normalized spacial score (nSPS) is 12.6. The summed E-state index contributed by atoms with van der Waals surface area (Å²) in [6.07, 6.45) is 0.0618.